The lowest BCUT2D eigenvalue weighted by Crippen LogP contribution is -2.20. The first kappa shape index (κ1) is 16.4. The van der Waals surface area contributed by atoms with Gasteiger partial charge in [0.1, 0.15) is 5.75 Å². The van der Waals surface area contributed by atoms with Crippen LogP contribution in [0.5, 0.6) is 5.75 Å². The second-order valence-corrected chi connectivity index (χ2v) is 6.25. The second-order valence-electron chi connectivity index (χ2n) is 4.78. The molecule has 0 radical (unpaired) electrons. The van der Waals surface area contributed by atoms with E-state index in [2.05, 4.69) is 44.3 Å². The maximum absolute atomic E-state index is 5.85. The quantitative estimate of drug-likeness (QED) is 0.730. The lowest BCUT2D eigenvalue weighted by Gasteiger charge is -2.21. The van der Waals surface area contributed by atoms with Gasteiger partial charge in [0.15, 0.2) is 0 Å². The Morgan fingerprint density at radius 2 is 2.00 bits per heavy atom. The highest BCUT2D eigenvalue weighted by atomic mass is 32.2. The topological polar surface area (TPSA) is 21.3 Å². The molecule has 3 heteroatoms. The summed E-state index contributed by atoms with van der Waals surface area (Å²) in [5.41, 5.74) is 1.27. The fourth-order valence-corrected chi connectivity index (χ4v) is 2.92. The number of rotatable bonds is 9. The first-order valence-electron chi connectivity index (χ1n) is 7.23. The maximum atomic E-state index is 5.85. The molecule has 19 heavy (non-hydrogen) atoms. The van der Waals surface area contributed by atoms with Gasteiger partial charge in [0.25, 0.3) is 0 Å². The van der Waals surface area contributed by atoms with Crippen LogP contribution >= 0.6 is 11.8 Å². The number of para-hydroxylation sites is 1. The van der Waals surface area contributed by atoms with Crippen molar-refractivity contribution in [1.82, 2.24) is 5.32 Å². The van der Waals surface area contributed by atoms with Crippen LogP contribution < -0.4 is 10.1 Å². The molecule has 108 valence electrons. The molecule has 0 aromatic heterocycles. The van der Waals surface area contributed by atoms with Gasteiger partial charge in [-0.25, -0.2) is 0 Å². The first-order chi connectivity index (χ1) is 9.22. The molecule has 0 saturated carbocycles. The largest absolute Gasteiger partial charge is 0.493 e. The molecule has 0 saturated heterocycles. The Bertz CT molecular complexity index is 356. The van der Waals surface area contributed by atoms with Crippen LogP contribution in [0.2, 0.25) is 0 Å². The van der Waals surface area contributed by atoms with Gasteiger partial charge in [-0.15, -0.1) is 0 Å². The Morgan fingerprint density at radius 1 is 1.26 bits per heavy atom. The van der Waals surface area contributed by atoms with Crippen molar-refractivity contribution in [3.8, 4) is 5.75 Å². The summed E-state index contributed by atoms with van der Waals surface area (Å²) in [6.45, 7) is 7.45. The van der Waals surface area contributed by atoms with Crippen LogP contribution in [0.1, 0.15) is 45.2 Å². The average Bonchev–Trinajstić information content (AvgIpc) is 2.46. The van der Waals surface area contributed by atoms with E-state index in [0.29, 0.717) is 11.3 Å². The zero-order chi connectivity index (χ0) is 14.1. The number of hydrogen-bond acceptors (Lipinski definition) is 3. The van der Waals surface area contributed by atoms with Gasteiger partial charge >= 0.3 is 0 Å². The number of hydrogen-bond donors (Lipinski definition) is 1. The summed E-state index contributed by atoms with van der Waals surface area (Å²) in [5.74, 6) is 2.10. The molecule has 0 aliphatic carbocycles. The van der Waals surface area contributed by atoms with E-state index in [9.17, 15) is 0 Å². The zero-order valence-electron chi connectivity index (χ0n) is 12.6. The fourth-order valence-electron chi connectivity index (χ4n) is 1.82. The summed E-state index contributed by atoms with van der Waals surface area (Å²) >= 11 is 2.02. The van der Waals surface area contributed by atoms with E-state index < -0.39 is 0 Å². The summed E-state index contributed by atoms with van der Waals surface area (Å²) in [6.07, 6.45) is 2.26. The summed E-state index contributed by atoms with van der Waals surface area (Å²) in [4.78, 5) is 0. The third-order valence-electron chi connectivity index (χ3n) is 3.23. The highest BCUT2D eigenvalue weighted by Gasteiger charge is 2.15. The molecule has 0 aliphatic heterocycles. The molecule has 0 amide bonds. The van der Waals surface area contributed by atoms with Gasteiger partial charge in [0, 0.05) is 22.6 Å². The van der Waals surface area contributed by atoms with Gasteiger partial charge in [-0.3, -0.25) is 0 Å². The van der Waals surface area contributed by atoms with Crippen molar-refractivity contribution in [2.24, 2.45) is 0 Å². The molecule has 2 nitrogen and oxygen atoms in total. The number of thioether (sulfide) groups is 1. The molecule has 2 unspecified atom stereocenters. The molecule has 0 aliphatic rings. The normalized spacial score (nSPS) is 14.1. The Hall–Kier alpha value is -0.670. The van der Waals surface area contributed by atoms with Crippen LogP contribution in [0, 0.1) is 0 Å². The average molecular weight is 281 g/mol. The number of benzene rings is 1. The van der Waals surface area contributed by atoms with Crippen LogP contribution in [0.15, 0.2) is 24.3 Å². The Labute approximate surface area is 122 Å². The molecule has 2 atom stereocenters. The highest BCUT2D eigenvalue weighted by Crippen LogP contribution is 2.29. The van der Waals surface area contributed by atoms with Gasteiger partial charge in [-0.1, -0.05) is 39.0 Å². The van der Waals surface area contributed by atoms with Crippen LogP contribution in [-0.4, -0.2) is 24.7 Å². The minimum Gasteiger partial charge on any atom is -0.493 e. The molecule has 0 bridgehead atoms. The van der Waals surface area contributed by atoms with Gasteiger partial charge < -0.3 is 10.1 Å². The standard InChI is InChI=1S/C16H27NOS/c1-5-11-18-16-10-8-7-9-14(16)15(17-4)12-19-13(3)6-2/h7-10,13,15,17H,5-6,11-12H2,1-4H3. The Kier molecular flexibility index (Phi) is 7.99. The Morgan fingerprint density at radius 3 is 2.63 bits per heavy atom. The van der Waals surface area contributed by atoms with Crippen molar-refractivity contribution in [3.05, 3.63) is 29.8 Å². The third kappa shape index (κ3) is 5.45. The van der Waals surface area contributed by atoms with Crippen LogP contribution in [0.25, 0.3) is 0 Å². The molecule has 1 rings (SSSR count). The van der Waals surface area contributed by atoms with E-state index in [0.717, 1.165) is 24.5 Å². The van der Waals surface area contributed by atoms with Crippen molar-refractivity contribution in [3.63, 3.8) is 0 Å². The molecule has 0 heterocycles. The molecule has 1 N–H and O–H groups in total. The number of ether oxygens (including phenoxy) is 1. The monoisotopic (exact) mass is 281 g/mol. The van der Waals surface area contributed by atoms with Gasteiger partial charge in [-0.2, -0.15) is 11.8 Å². The molecular formula is C16H27NOS. The summed E-state index contributed by atoms with van der Waals surface area (Å²) in [7, 11) is 2.03. The van der Waals surface area contributed by atoms with Crippen molar-refractivity contribution in [2.45, 2.75) is 44.9 Å². The van der Waals surface area contributed by atoms with E-state index in [-0.39, 0.29) is 0 Å². The fraction of sp³-hybridized carbons (Fsp3) is 0.625. The molecule has 0 fully saturated rings. The van der Waals surface area contributed by atoms with Crippen molar-refractivity contribution >= 4 is 11.8 Å². The van der Waals surface area contributed by atoms with E-state index in [1.54, 1.807) is 0 Å². The maximum Gasteiger partial charge on any atom is 0.124 e. The minimum absolute atomic E-state index is 0.354. The van der Waals surface area contributed by atoms with Crippen LogP contribution in [0.4, 0.5) is 0 Å². The summed E-state index contributed by atoms with van der Waals surface area (Å²) in [6, 6.07) is 8.73. The minimum atomic E-state index is 0.354. The van der Waals surface area contributed by atoms with E-state index >= 15 is 0 Å². The van der Waals surface area contributed by atoms with E-state index in [1.807, 2.05) is 24.9 Å². The number of nitrogens with one attached hydrogen (secondary N) is 1. The third-order valence-corrected chi connectivity index (χ3v) is 4.66. The van der Waals surface area contributed by atoms with Gasteiger partial charge in [-0.05, 0) is 26.0 Å². The lowest BCUT2D eigenvalue weighted by atomic mass is 10.1. The summed E-state index contributed by atoms with van der Waals surface area (Å²) < 4.78 is 5.85. The molecular weight excluding hydrogens is 254 g/mol. The molecule has 1 aromatic carbocycles. The first-order valence-corrected chi connectivity index (χ1v) is 8.28. The highest BCUT2D eigenvalue weighted by molar-refractivity contribution is 7.99. The van der Waals surface area contributed by atoms with Crippen molar-refractivity contribution in [1.29, 1.82) is 0 Å². The second kappa shape index (κ2) is 9.27. The smallest absolute Gasteiger partial charge is 0.124 e. The molecule has 0 spiro atoms. The molecule has 1 aromatic rings. The van der Waals surface area contributed by atoms with Gasteiger partial charge in [0.2, 0.25) is 0 Å². The summed E-state index contributed by atoms with van der Waals surface area (Å²) in [5, 5.41) is 4.12. The van der Waals surface area contributed by atoms with E-state index in [4.69, 9.17) is 4.74 Å². The van der Waals surface area contributed by atoms with Crippen LogP contribution in [0.3, 0.4) is 0 Å². The van der Waals surface area contributed by atoms with Crippen molar-refractivity contribution in [2.75, 3.05) is 19.4 Å². The van der Waals surface area contributed by atoms with E-state index in [1.165, 1.54) is 12.0 Å². The Balaban J connectivity index is 2.73. The van der Waals surface area contributed by atoms with Crippen molar-refractivity contribution < 1.29 is 4.74 Å². The lowest BCUT2D eigenvalue weighted by molar-refractivity contribution is 0.311. The van der Waals surface area contributed by atoms with Gasteiger partial charge in [0.05, 0.1) is 6.61 Å². The predicted molar refractivity (Wildman–Crippen MR) is 86.2 cm³/mol. The van der Waals surface area contributed by atoms with Crippen LogP contribution in [-0.2, 0) is 0 Å². The zero-order valence-corrected chi connectivity index (χ0v) is 13.4. The SMILES string of the molecule is CCCOc1ccccc1C(CSC(C)CC)NC. The predicted octanol–water partition coefficient (Wildman–Crippen LogP) is 4.27.